The summed E-state index contributed by atoms with van der Waals surface area (Å²) < 4.78 is 0. The number of amides is 2. The quantitative estimate of drug-likeness (QED) is 0.689. The molecule has 1 aliphatic heterocycles. The first-order chi connectivity index (χ1) is 6.74. The molecule has 0 spiro atoms. The third-order valence-electron chi connectivity index (χ3n) is 2.43. The molecule has 1 rings (SSSR count). The Morgan fingerprint density at radius 3 is 2.43 bits per heavy atom. The van der Waals surface area contributed by atoms with Crippen LogP contribution in [0.2, 0.25) is 0 Å². The molecule has 0 aromatic rings. The summed E-state index contributed by atoms with van der Waals surface area (Å²) in [6, 6.07) is 1.50. The predicted octanol–water partition coefficient (Wildman–Crippen LogP) is 1.48. The van der Waals surface area contributed by atoms with E-state index in [2.05, 4.69) is 5.32 Å². The summed E-state index contributed by atoms with van der Waals surface area (Å²) in [6.45, 7) is 3.34. The lowest BCUT2D eigenvalue weighted by molar-refractivity contribution is 0.198. The number of nitrogens with one attached hydrogen (secondary N) is 1. The van der Waals surface area contributed by atoms with Gasteiger partial charge in [-0.05, 0) is 19.8 Å². The van der Waals surface area contributed by atoms with Crippen molar-refractivity contribution in [3.63, 3.8) is 0 Å². The van der Waals surface area contributed by atoms with E-state index < -0.39 is 6.04 Å². The number of nitrogens with zero attached hydrogens (tertiary/aromatic N) is 2. The number of carbonyl (C=O) groups excluding carboxylic acids is 1. The van der Waals surface area contributed by atoms with Crippen molar-refractivity contribution in [3.05, 3.63) is 0 Å². The van der Waals surface area contributed by atoms with Crippen LogP contribution in [0.3, 0.4) is 0 Å². The number of rotatable bonds is 1. The number of hydrogen-bond donors (Lipinski definition) is 1. The molecular formula is C10H17N3O. The van der Waals surface area contributed by atoms with Crippen LogP contribution in [0.4, 0.5) is 4.79 Å². The van der Waals surface area contributed by atoms with Gasteiger partial charge in [-0.2, -0.15) is 5.26 Å². The third kappa shape index (κ3) is 3.25. The summed E-state index contributed by atoms with van der Waals surface area (Å²) in [5, 5.41) is 11.2. The summed E-state index contributed by atoms with van der Waals surface area (Å²) in [6.07, 6.45) is 4.57. The molecule has 1 saturated heterocycles. The SMILES string of the molecule is CC(C#N)NC(=O)N1CCCCCC1. The molecular weight excluding hydrogens is 178 g/mol. The second kappa shape index (κ2) is 5.48. The highest BCUT2D eigenvalue weighted by Crippen LogP contribution is 2.09. The van der Waals surface area contributed by atoms with Crippen LogP contribution >= 0.6 is 0 Å². The Morgan fingerprint density at radius 2 is 1.93 bits per heavy atom. The van der Waals surface area contributed by atoms with Gasteiger partial charge in [0.25, 0.3) is 0 Å². The zero-order valence-electron chi connectivity index (χ0n) is 8.62. The van der Waals surface area contributed by atoms with Gasteiger partial charge in [0.1, 0.15) is 6.04 Å². The summed E-state index contributed by atoms with van der Waals surface area (Å²) in [7, 11) is 0. The summed E-state index contributed by atoms with van der Waals surface area (Å²) in [5.74, 6) is 0. The van der Waals surface area contributed by atoms with Crippen molar-refractivity contribution in [2.45, 2.75) is 38.6 Å². The van der Waals surface area contributed by atoms with E-state index in [0.717, 1.165) is 25.9 Å². The largest absolute Gasteiger partial charge is 0.325 e. The summed E-state index contributed by atoms with van der Waals surface area (Å²) in [5.41, 5.74) is 0. The molecule has 1 N–H and O–H groups in total. The number of nitriles is 1. The van der Waals surface area contributed by atoms with Crippen LogP contribution in [0.1, 0.15) is 32.6 Å². The summed E-state index contributed by atoms with van der Waals surface area (Å²) in [4.78, 5) is 13.4. The fourth-order valence-corrected chi connectivity index (χ4v) is 1.58. The zero-order valence-corrected chi connectivity index (χ0v) is 8.62. The van der Waals surface area contributed by atoms with E-state index in [1.54, 1.807) is 11.8 Å². The van der Waals surface area contributed by atoms with E-state index in [0.29, 0.717) is 0 Å². The fourth-order valence-electron chi connectivity index (χ4n) is 1.58. The van der Waals surface area contributed by atoms with E-state index >= 15 is 0 Å². The molecule has 0 saturated carbocycles. The maximum absolute atomic E-state index is 11.6. The highest BCUT2D eigenvalue weighted by atomic mass is 16.2. The van der Waals surface area contributed by atoms with Gasteiger partial charge < -0.3 is 10.2 Å². The maximum Gasteiger partial charge on any atom is 0.318 e. The molecule has 4 heteroatoms. The van der Waals surface area contributed by atoms with Crippen LogP contribution in [0, 0.1) is 11.3 Å². The molecule has 1 aliphatic rings. The van der Waals surface area contributed by atoms with Crippen molar-refractivity contribution < 1.29 is 4.79 Å². The van der Waals surface area contributed by atoms with Crippen molar-refractivity contribution in [3.8, 4) is 6.07 Å². The Hall–Kier alpha value is -1.24. The molecule has 2 amide bonds. The highest BCUT2D eigenvalue weighted by Gasteiger charge is 2.16. The van der Waals surface area contributed by atoms with Crippen molar-refractivity contribution in [1.82, 2.24) is 10.2 Å². The van der Waals surface area contributed by atoms with Crippen LogP contribution in [0.5, 0.6) is 0 Å². The number of carbonyl (C=O) groups is 1. The molecule has 78 valence electrons. The molecule has 14 heavy (non-hydrogen) atoms. The lowest BCUT2D eigenvalue weighted by atomic mass is 10.2. The molecule has 0 radical (unpaired) electrons. The van der Waals surface area contributed by atoms with E-state index in [1.807, 2.05) is 6.07 Å². The first-order valence-electron chi connectivity index (χ1n) is 5.19. The lowest BCUT2D eigenvalue weighted by Gasteiger charge is -2.21. The smallest absolute Gasteiger partial charge is 0.318 e. The predicted molar refractivity (Wildman–Crippen MR) is 53.6 cm³/mol. The molecule has 1 heterocycles. The minimum atomic E-state index is -0.397. The normalized spacial score (nSPS) is 19.3. The third-order valence-corrected chi connectivity index (χ3v) is 2.43. The topological polar surface area (TPSA) is 56.1 Å². The minimum Gasteiger partial charge on any atom is -0.325 e. The van der Waals surface area contributed by atoms with Crippen molar-refractivity contribution in [1.29, 1.82) is 5.26 Å². The van der Waals surface area contributed by atoms with E-state index in [-0.39, 0.29) is 6.03 Å². The molecule has 0 aromatic heterocycles. The van der Waals surface area contributed by atoms with Crippen molar-refractivity contribution >= 4 is 6.03 Å². The van der Waals surface area contributed by atoms with E-state index in [4.69, 9.17) is 5.26 Å². The van der Waals surface area contributed by atoms with Crippen molar-refractivity contribution in [2.75, 3.05) is 13.1 Å². The Labute approximate surface area is 84.9 Å². The molecule has 1 unspecified atom stereocenters. The van der Waals surface area contributed by atoms with Gasteiger partial charge in [0.2, 0.25) is 0 Å². The molecule has 4 nitrogen and oxygen atoms in total. The minimum absolute atomic E-state index is 0.0963. The highest BCUT2D eigenvalue weighted by molar-refractivity contribution is 5.74. The second-order valence-corrected chi connectivity index (χ2v) is 3.70. The first kappa shape index (κ1) is 10.8. The Balaban J connectivity index is 2.38. The molecule has 0 aromatic carbocycles. The van der Waals surface area contributed by atoms with Crippen LogP contribution < -0.4 is 5.32 Å². The van der Waals surface area contributed by atoms with Gasteiger partial charge in [-0.3, -0.25) is 0 Å². The van der Waals surface area contributed by atoms with Gasteiger partial charge in [0, 0.05) is 13.1 Å². The van der Waals surface area contributed by atoms with Crippen LogP contribution in [-0.2, 0) is 0 Å². The van der Waals surface area contributed by atoms with Gasteiger partial charge in [-0.25, -0.2) is 4.79 Å². The molecule has 1 atom stereocenters. The van der Waals surface area contributed by atoms with Crippen molar-refractivity contribution in [2.24, 2.45) is 0 Å². The van der Waals surface area contributed by atoms with Gasteiger partial charge >= 0.3 is 6.03 Å². The van der Waals surface area contributed by atoms with Crippen LogP contribution in [0.15, 0.2) is 0 Å². The fraction of sp³-hybridized carbons (Fsp3) is 0.800. The van der Waals surface area contributed by atoms with Gasteiger partial charge in [0.05, 0.1) is 6.07 Å². The average molecular weight is 195 g/mol. The summed E-state index contributed by atoms with van der Waals surface area (Å²) >= 11 is 0. The Morgan fingerprint density at radius 1 is 1.36 bits per heavy atom. The molecule has 1 fully saturated rings. The first-order valence-corrected chi connectivity index (χ1v) is 5.19. The monoisotopic (exact) mass is 195 g/mol. The number of likely N-dealkylation sites (tertiary alicyclic amines) is 1. The maximum atomic E-state index is 11.6. The molecule has 0 bridgehead atoms. The number of urea groups is 1. The lowest BCUT2D eigenvalue weighted by Crippen LogP contribution is -2.43. The van der Waals surface area contributed by atoms with Gasteiger partial charge in [0.15, 0.2) is 0 Å². The van der Waals surface area contributed by atoms with Crippen LogP contribution in [-0.4, -0.2) is 30.1 Å². The van der Waals surface area contributed by atoms with Crippen LogP contribution in [0.25, 0.3) is 0 Å². The van der Waals surface area contributed by atoms with E-state index in [9.17, 15) is 4.79 Å². The van der Waals surface area contributed by atoms with Gasteiger partial charge in [-0.15, -0.1) is 0 Å². The zero-order chi connectivity index (χ0) is 10.4. The Bertz CT molecular complexity index is 226. The van der Waals surface area contributed by atoms with E-state index in [1.165, 1.54) is 12.8 Å². The van der Waals surface area contributed by atoms with Gasteiger partial charge in [-0.1, -0.05) is 12.8 Å². The molecule has 0 aliphatic carbocycles. The standard InChI is InChI=1S/C10H17N3O/c1-9(8-11)12-10(14)13-6-4-2-3-5-7-13/h9H,2-7H2,1H3,(H,12,14). The average Bonchev–Trinajstić information content (AvgIpc) is 2.45. The second-order valence-electron chi connectivity index (χ2n) is 3.70. The number of hydrogen-bond acceptors (Lipinski definition) is 2. The Kier molecular flexibility index (Phi) is 4.24.